The second kappa shape index (κ2) is 5.19. The van der Waals surface area contributed by atoms with Gasteiger partial charge in [0.25, 0.3) is 0 Å². The highest BCUT2D eigenvalue weighted by Gasteiger charge is 2.06. The number of aromatic nitrogens is 3. The number of ether oxygens (including phenoxy) is 1. The van der Waals surface area contributed by atoms with Crippen molar-refractivity contribution in [3.05, 3.63) is 30.2 Å². The Hall–Kier alpha value is -2.55. The van der Waals surface area contributed by atoms with Crippen LogP contribution in [0.3, 0.4) is 0 Å². The predicted molar refractivity (Wildman–Crippen MR) is 66.3 cm³/mol. The van der Waals surface area contributed by atoms with Crippen LogP contribution in [0.4, 0.5) is 5.69 Å². The second-order valence-corrected chi connectivity index (χ2v) is 3.69. The van der Waals surface area contributed by atoms with Crippen LogP contribution in [-0.4, -0.2) is 21.4 Å². The first-order valence-corrected chi connectivity index (χ1v) is 5.59. The second-order valence-electron chi connectivity index (χ2n) is 3.69. The molecule has 6 heteroatoms. The van der Waals surface area contributed by atoms with E-state index in [2.05, 4.69) is 10.1 Å². The van der Waals surface area contributed by atoms with Gasteiger partial charge in [0.2, 0.25) is 0 Å². The molecule has 2 heterocycles. The van der Waals surface area contributed by atoms with Gasteiger partial charge in [0, 0.05) is 0 Å². The van der Waals surface area contributed by atoms with Crippen LogP contribution < -0.4 is 10.5 Å². The summed E-state index contributed by atoms with van der Waals surface area (Å²) in [4.78, 5) is 4.11. The Morgan fingerprint density at radius 3 is 3.06 bits per heavy atom. The molecule has 0 radical (unpaired) electrons. The maximum absolute atomic E-state index is 8.86. The van der Waals surface area contributed by atoms with Crippen LogP contribution in [0.1, 0.15) is 19.0 Å². The minimum atomic E-state index is 0.194. The van der Waals surface area contributed by atoms with Gasteiger partial charge in [-0.25, -0.2) is 9.67 Å². The number of nitriles is 1. The quantitative estimate of drug-likeness (QED) is 0.879. The van der Waals surface area contributed by atoms with E-state index in [1.54, 1.807) is 29.2 Å². The highest BCUT2D eigenvalue weighted by Crippen LogP contribution is 2.15. The summed E-state index contributed by atoms with van der Waals surface area (Å²) in [5.74, 6) is 1.21. The van der Waals surface area contributed by atoms with Gasteiger partial charge in [-0.1, -0.05) is 6.92 Å². The highest BCUT2D eigenvalue weighted by molar-refractivity contribution is 5.51. The molecule has 92 valence electrons. The number of rotatable bonds is 4. The number of nitrogen functional groups attached to an aromatic ring is 1. The molecule has 0 aliphatic heterocycles. The third kappa shape index (κ3) is 2.40. The summed E-state index contributed by atoms with van der Waals surface area (Å²) in [7, 11) is 0. The Morgan fingerprint density at radius 1 is 1.50 bits per heavy atom. The minimum absolute atomic E-state index is 0.194. The van der Waals surface area contributed by atoms with E-state index in [0.717, 1.165) is 6.42 Å². The van der Waals surface area contributed by atoms with Gasteiger partial charge >= 0.3 is 0 Å². The van der Waals surface area contributed by atoms with Gasteiger partial charge < -0.3 is 10.5 Å². The summed E-state index contributed by atoms with van der Waals surface area (Å²) < 4.78 is 6.98. The number of hydrogen-bond acceptors (Lipinski definition) is 5. The molecule has 0 spiro atoms. The molecule has 6 nitrogen and oxygen atoms in total. The van der Waals surface area contributed by atoms with Gasteiger partial charge in [-0.15, -0.1) is 0 Å². The molecule has 0 aliphatic rings. The van der Waals surface area contributed by atoms with Crippen LogP contribution in [0.15, 0.2) is 24.5 Å². The van der Waals surface area contributed by atoms with E-state index in [1.165, 1.54) is 0 Å². The van der Waals surface area contributed by atoms with E-state index in [-0.39, 0.29) is 5.69 Å². The number of nitrogens with two attached hydrogens (primary N) is 1. The first kappa shape index (κ1) is 11.9. The van der Waals surface area contributed by atoms with Crippen molar-refractivity contribution in [2.24, 2.45) is 0 Å². The zero-order valence-electron chi connectivity index (χ0n) is 10.00. The van der Waals surface area contributed by atoms with Crippen molar-refractivity contribution in [3.63, 3.8) is 0 Å². The standard InChI is InChI=1S/C12H13N5O/c1-2-5-18-9-7-15-17(8-9)12-4-3-10(14)11(6-13)16-12/h3-4,7-8H,2,5,14H2,1H3. The van der Waals surface area contributed by atoms with Gasteiger partial charge in [0.05, 0.1) is 24.7 Å². The summed E-state index contributed by atoms with van der Waals surface area (Å²) in [5.41, 5.74) is 6.16. The molecule has 0 atom stereocenters. The fraction of sp³-hybridized carbons (Fsp3) is 0.250. The van der Waals surface area contributed by atoms with Gasteiger partial charge in [-0.3, -0.25) is 0 Å². The molecule has 0 amide bonds. The van der Waals surface area contributed by atoms with Gasteiger partial charge in [0.1, 0.15) is 6.07 Å². The van der Waals surface area contributed by atoms with Crippen molar-refractivity contribution in [1.29, 1.82) is 5.26 Å². The average Bonchev–Trinajstić information content (AvgIpc) is 2.85. The zero-order valence-corrected chi connectivity index (χ0v) is 10.00. The van der Waals surface area contributed by atoms with Crippen LogP contribution in [0.25, 0.3) is 5.82 Å². The molecule has 2 rings (SSSR count). The Labute approximate surface area is 105 Å². The van der Waals surface area contributed by atoms with Gasteiger partial charge in [0.15, 0.2) is 17.3 Å². The zero-order chi connectivity index (χ0) is 13.0. The van der Waals surface area contributed by atoms with Crippen LogP contribution in [0.5, 0.6) is 5.75 Å². The van der Waals surface area contributed by atoms with E-state index in [1.807, 2.05) is 13.0 Å². The van der Waals surface area contributed by atoms with Crippen molar-refractivity contribution in [2.75, 3.05) is 12.3 Å². The molecule has 2 N–H and O–H groups in total. The molecule has 0 unspecified atom stereocenters. The largest absolute Gasteiger partial charge is 0.490 e. The van der Waals surface area contributed by atoms with Crippen molar-refractivity contribution >= 4 is 5.69 Å². The summed E-state index contributed by atoms with van der Waals surface area (Å²) in [6, 6.07) is 5.27. The van der Waals surface area contributed by atoms with Crippen molar-refractivity contribution in [3.8, 4) is 17.6 Å². The van der Waals surface area contributed by atoms with Crippen molar-refractivity contribution in [1.82, 2.24) is 14.8 Å². The summed E-state index contributed by atoms with van der Waals surface area (Å²) in [6.45, 7) is 2.68. The number of pyridine rings is 1. The van der Waals surface area contributed by atoms with E-state index in [0.29, 0.717) is 23.9 Å². The molecule has 18 heavy (non-hydrogen) atoms. The molecule has 0 saturated heterocycles. The maximum Gasteiger partial charge on any atom is 0.165 e. The smallest absolute Gasteiger partial charge is 0.165 e. The monoisotopic (exact) mass is 243 g/mol. The first-order valence-electron chi connectivity index (χ1n) is 5.59. The van der Waals surface area contributed by atoms with E-state index in [4.69, 9.17) is 15.7 Å². The maximum atomic E-state index is 8.86. The fourth-order valence-corrected chi connectivity index (χ4v) is 1.40. The summed E-state index contributed by atoms with van der Waals surface area (Å²) in [5, 5.41) is 13.0. The van der Waals surface area contributed by atoms with Crippen molar-refractivity contribution < 1.29 is 4.74 Å². The van der Waals surface area contributed by atoms with Gasteiger partial charge in [-0.2, -0.15) is 10.4 Å². The Bertz CT molecular complexity index is 584. The molecule has 0 saturated carbocycles. The molecular formula is C12H13N5O. The Balaban J connectivity index is 2.26. The third-order valence-electron chi connectivity index (χ3n) is 2.28. The third-order valence-corrected chi connectivity index (χ3v) is 2.28. The lowest BCUT2D eigenvalue weighted by Crippen LogP contribution is -2.02. The predicted octanol–water partition coefficient (Wildman–Crippen LogP) is 1.51. The molecule has 0 bridgehead atoms. The van der Waals surface area contributed by atoms with E-state index in [9.17, 15) is 0 Å². The van der Waals surface area contributed by atoms with Crippen LogP contribution in [0.2, 0.25) is 0 Å². The molecule has 0 fully saturated rings. The SMILES string of the molecule is CCCOc1cnn(-c2ccc(N)c(C#N)n2)c1. The lowest BCUT2D eigenvalue weighted by Gasteiger charge is -2.02. The fourth-order valence-electron chi connectivity index (χ4n) is 1.40. The number of nitrogens with zero attached hydrogens (tertiary/aromatic N) is 4. The minimum Gasteiger partial charge on any atom is -0.490 e. The van der Waals surface area contributed by atoms with Gasteiger partial charge in [-0.05, 0) is 18.6 Å². The highest BCUT2D eigenvalue weighted by atomic mass is 16.5. The molecule has 2 aromatic rings. The van der Waals surface area contributed by atoms with Crippen LogP contribution in [0, 0.1) is 11.3 Å². The lowest BCUT2D eigenvalue weighted by atomic mass is 10.3. The van der Waals surface area contributed by atoms with Crippen LogP contribution >= 0.6 is 0 Å². The van der Waals surface area contributed by atoms with E-state index < -0.39 is 0 Å². The summed E-state index contributed by atoms with van der Waals surface area (Å²) in [6.07, 6.45) is 4.26. The van der Waals surface area contributed by atoms with Crippen LogP contribution in [-0.2, 0) is 0 Å². The summed E-state index contributed by atoms with van der Waals surface area (Å²) >= 11 is 0. The molecule has 2 aromatic heterocycles. The normalized spacial score (nSPS) is 10.0. The lowest BCUT2D eigenvalue weighted by molar-refractivity contribution is 0.317. The number of anilines is 1. The topological polar surface area (TPSA) is 89.8 Å². The molecular weight excluding hydrogens is 230 g/mol. The first-order chi connectivity index (χ1) is 8.74. The average molecular weight is 243 g/mol. The van der Waals surface area contributed by atoms with E-state index >= 15 is 0 Å². The molecule has 0 aromatic carbocycles. The van der Waals surface area contributed by atoms with Crippen molar-refractivity contribution in [2.45, 2.75) is 13.3 Å². The number of hydrogen-bond donors (Lipinski definition) is 1. The molecule has 0 aliphatic carbocycles. The Kier molecular flexibility index (Phi) is 3.44. The Morgan fingerprint density at radius 2 is 2.33 bits per heavy atom.